The van der Waals surface area contributed by atoms with E-state index in [2.05, 4.69) is 24.0 Å². The van der Waals surface area contributed by atoms with E-state index >= 15 is 0 Å². The maximum absolute atomic E-state index is 12.2. The summed E-state index contributed by atoms with van der Waals surface area (Å²) >= 11 is 0. The van der Waals surface area contributed by atoms with Crippen LogP contribution < -0.4 is 4.74 Å². The fraction of sp³-hybridized carbons (Fsp3) is 0.407. The Balaban J connectivity index is 1.65. The molecule has 1 heterocycles. The number of rotatable bonds is 11. The van der Waals surface area contributed by atoms with Crippen LogP contribution in [-0.2, 0) is 33.7 Å². The minimum absolute atomic E-state index is 0.311. The summed E-state index contributed by atoms with van der Waals surface area (Å²) in [5.74, 6) is 1.74. The molecule has 0 spiro atoms. The highest BCUT2D eigenvalue weighted by Gasteiger charge is 2.21. The second-order valence-electron chi connectivity index (χ2n) is 7.85. The standard InChI is InChI=1S/C27H33NO5/c1-6-20-9-11-21(12-10-20)26-28-24(19(5)33-26)17-32-23-14-13-22(18(4)15-23)16-25(30-7-2)27(29)31-8-3/h9-15,25H,6-8,16-17H2,1-5H3. The molecule has 3 rings (SSSR count). The van der Waals surface area contributed by atoms with E-state index < -0.39 is 6.10 Å². The van der Waals surface area contributed by atoms with Crippen LogP contribution in [0.15, 0.2) is 46.9 Å². The SMILES string of the molecule is CCOC(=O)C(Cc1ccc(OCc2nc(-c3ccc(CC)cc3)oc2C)cc1C)OCC. The Bertz CT molecular complexity index is 1050. The summed E-state index contributed by atoms with van der Waals surface area (Å²) in [6, 6.07) is 14.1. The van der Waals surface area contributed by atoms with Crippen LogP contribution in [0, 0.1) is 13.8 Å². The summed E-state index contributed by atoms with van der Waals surface area (Å²) in [5, 5.41) is 0. The molecule has 0 fully saturated rings. The smallest absolute Gasteiger partial charge is 0.335 e. The monoisotopic (exact) mass is 451 g/mol. The van der Waals surface area contributed by atoms with Gasteiger partial charge in [-0.25, -0.2) is 9.78 Å². The second-order valence-corrected chi connectivity index (χ2v) is 7.85. The van der Waals surface area contributed by atoms with Crippen LogP contribution in [0.3, 0.4) is 0 Å². The fourth-order valence-electron chi connectivity index (χ4n) is 3.55. The molecule has 6 nitrogen and oxygen atoms in total. The van der Waals surface area contributed by atoms with Gasteiger partial charge in [0.15, 0.2) is 6.10 Å². The molecule has 6 heteroatoms. The lowest BCUT2D eigenvalue weighted by molar-refractivity contribution is -0.156. The van der Waals surface area contributed by atoms with Crippen molar-refractivity contribution in [2.75, 3.05) is 13.2 Å². The molecule has 0 aliphatic rings. The third-order valence-corrected chi connectivity index (χ3v) is 5.51. The van der Waals surface area contributed by atoms with Gasteiger partial charge >= 0.3 is 5.97 Å². The number of oxazole rings is 1. The van der Waals surface area contributed by atoms with Crippen LogP contribution in [0.5, 0.6) is 5.75 Å². The number of carbonyl (C=O) groups excluding carboxylic acids is 1. The summed E-state index contributed by atoms with van der Waals surface area (Å²) in [4.78, 5) is 16.8. The van der Waals surface area contributed by atoms with E-state index in [9.17, 15) is 4.79 Å². The minimum Gasteiger partial charge on any atom is -0.487 e. The van der Waals surface area contributed by atoms with E-state index in [1.54, 1.807) is 6.92 Å². The van der Waals surface area contributed by atoms with Crippen molar-refractivity contribution in [3.63, 3.8) is 0 Å². The van der Waals surface area contributed by atoms with E-state index in [1.807, 2.05) is 51.1 Å². The lowest BCUT2D eigenvalue weighted by atomic mass is 10.0. The summed E-state index contributed by atoms with van der Waals surface area (Å²) in [6.45, 7) is 10.8. The number of aromatic nitrogens is 1. The van der Waals surface area contributed by atoms with Gasteiger partial charge < -0.3 is 18.6 Å². The Hall–Kier alpha value is -3.12. The van der Waals surface area contributed by atoms with Gasteiger partial charge in [0.05, 0.1) is 6.61 Å². The Morgan fingerprint density at radius 2 is 1.79 bits per heavy atom. The summed E-state index contributed by atoms with van der Waals surface area (Å²) in [5.41, 5.74) is 5.04. The molecule has 0 N–H and O–H groups in total. The molecule has 3 aromatic rings. The first-order valence-corrected chi connectivity index (χ1v) is 11.5. The van der Waals surface area contributed by atoms with Crippen molar-refractivity contribution in [3.8, 4) is 17.2 Å². The van der Waals surface area contributed by atoms with Crippen molar-refractivity contribution < 1.29 is 23.4 Å². The highest BCUT2D eigenvalue weighted by Crippen LogP contribution is 2.25. The van der Waals surface area contributed by atoms with Crippen LogP contribution in [-0.4, -0.2) is 30.3 Å². The molecule has 1 atom stereocenters. The van der Waals surface area contributed by atoms with Gasteiger partial charge in [0.2, 0.25) is 5.89 Å². The molecule has 176 valence electrons. The maximum atomic E-state index is 12.2. The Morgan fingerprint density at radius 1 is 1.03 bits per heavy atom. The van der Waals surface area contributed by atoms with Crippen LogP contribution in [0.25, 0.3) is 11.5 Å². The van der Waals surface area contributed by atoms with Crippen molar-refractivity contribution in [2.24, 2.45) is 0 Å². The van der Waals surface area contributed by atoms with Crippen molar-refractivity contribution in [1.82, 2.24) is 4.98 Å². The molecule has 0 aliphatic heterocycles. The highest BCUT2D eigenvalue weighted by atomic mass is 16.6. The van der Waals surface area contributed by atoms with Gasteiger partial charge in [0.25, 0.3) is 0 Å². The van der Waals surface area contributed by atoms with E-state index in [0.717, 1.165) is 40.3 Å². The predicted octanol–water partition coefficient (Wildman–Crippen LogP) is 5.61. The quantitative estimate of drug-likeness (QED) is 0.353. The largest absolute Gasteiger partial charge is 0.487 e. The first-order chi connectivity index (χ1) is 15.9. The third-order valence-electron chi connectivity index (χ3n) is 5.51. The number of aryl methyl sites for hydroxylation is 3. The molecule has 0 radical (unpaired) electrons. The van der Waals surface area contributed by atoms with Crippen molar-refractivity contribution >= 4 is 5.97 Å². The third kappa shape index (κ3) is 6.45. The topological polar surface area (TPSA) is 70.8 Å². The minimum atomic E-state index is -0.608. The van der Waals surface area contributed by atoms with Gasteiger partial charge in [-0.1, -0.05) is 25.1 Å². The molecule has 0 bridgehead atoms. The number of benzene rings is 2. The summed E-state index contributed by atoms with van der Waals surface area (Å²) in [6.07, 6.45) is 0.849. The molecular formula is C27H33NO5. The molecule has 0 aliphatic carbocycles. The molecule has 1 aromatic heterocycles. The lowest BCUT2D eigenvalue weighted by Crippen LogP contribution is -2.29. The zero-order chi connectivity index (χ0) is 23.8. The Kier molecular flexibility index (Phi) is 8.66. The average Bonchev–Trinajstić information content (AvgIpc) is 3.19. The maximum Gasteiger partial charge on any atom is 0.335 e. The molecule has 33 heavy (non-hydrogen) atoms. The summed E-state index contributed by atoms with van der Waals surface area (Å²) in [7, 11) is 0. The van der Waals surface area contributed by atoms with E-state index in [0.29, 0.717) is 32.1 Å². The lowest BCUT2D eigenvalue weighted by Gasteiger charge is -2.17. The summed E-state index contributed by atoms with van der Waals surface area (Å²) < 4.78 is 22.6. The van der Waals surface area contributed by atoms with Crippen molar-refractivity contribution in [2.45, 2.75) is 60.2 Å². The van der Waals surface area contributed by atoms with Gasteiger partial charge in [-0.05, 0) is 75.1 Å². The molecular weight excluding hydrogens is 418 g/mol. The van der Waals surface area contributed by atoms with Crippen LogP contribution >= 0.6 is 0 Å². The van der Waals surface area contributed by atoms with Gasteiger partial charge in [-0.3, -0.25) is 0 Å². The van der Waals surface area contributed by atoms with E-state index in [-0.39, 0.29) is 5.97 Å². The van der Waals surface area contributed by atoms with E-state index in [1.165, 1.54) is 5.56 Å². The van der Waals surface area contributed by atoms with Crippen LogP contribution in [0.4, 0.5) is 0 Å². The van der Waals surface area contributed by atoms with Gasteiger partial charge in [-0.2, -0.15) is 0 Å². The normalized spacial score (nSPS) is 11.9. The average molecular weight is 452 g/mol. The number of carbonyl (C=O) groups is 1. The number of esters is 1. The second kappa shape index (κ2) is 11.7. The number of hydrogen-bond donors (Lipinski definition) is 0. The predicted molar refractivity (Wildman–Crippen MR) is 127 cm³/mol. The Labute approximate surface area is 195 Å². The molecule has 0 amide bonds. The molecule has 0 saturated carbocycles. The molecule has 1 unspecified atom stereocenters. The fourth-order valence-corrected chi connectivity index (χ4v) is 3.55. The van der Waals surface area contributed by atoms with Crippen molar-refractivity contribution in [3.05, 3.63) is 70.6 Å². The zero-order valence-electron chi connectivity index (χ0n) is 20.1. The molecule has 2 aromatic carbocycles. The Morgan fingerprint density at radius 3 is 2.42 bits per heavy atom. The highest BCUT2D eigenvalue weighted by molar-refractivity contribution is 5.75. The van der Waals surface area contributed by atoms with Crippen LogP contribution in [0.1, 0.15) is 48.9 Å². The number of nitrogens with zero attached hydrogens (tertiary/aromatic N) is 1. The van der Waals surface area contributed by atoms with Gasteiger partial charge in [0.1, 0.15) is 23.8 Å². The first kappa shape index (κ1) is 24.5. The zero-order valence-corrected chi connectivity index (χ0v) is 20.1. The van der Waals surface area contributed by atoms with Gasteiger partial charge in [-0.15, -0.1) is 0 Å². The van der Waals surface area contributed by atoms with E-state index in [4.69, 9.17) is 18.6 Å². The van der Waals surface area contributed by atoms with Crippen molar-refractivity contribution in [1.29, 1.82) is 0 Å². The first-order valence-electron chi connectivity index (χ1n) is 11.5. The van der Waals surface area contributed by atoms with Crippen LogP contribution in [0.2, 0.25) is 0 Å². The number of ether oxygens (including phenoxy) is 3. The van der Waals surface area contributed by atoms with Gasteiger partial charge in [0, 0.05) is 18.6 Å². The molecule has 0 saturated heterocycles. The number of hydrogen-bond acceptors (Lipinski definition) is 6.